The van der Waals surface area contributed by atoms with Gasteiger partial charge in [-0.15, -0.1) is 0 Å². The minimum absolute atomic E-state index is 0.00592. The smallest absolute Gasteiger partial charge is 0.0613 e. The van der Waals surface area contributed by atoms with Crippen molar-refractivity contribution in [3.8, 4) is 0 Å². The molecule has 0 aromatic carbocycles. The van der Waals surface area contributed by atoms with Crippen molar-refractivity contribution < 1.29 is 10.2 Å². The zero-order valence-corrected chi connectivity index (χ0v) is 21.5. The second-order valence-electron chi connectivity index (χ2n) is 13.6. The van der Waals surface area contributed by atoms with Crippen LogP contribution in [0.4, 0.5) is 0 Å². The molecule has 0 radical (unpaired) electrons. The minimum atomic E-state index is -0.172. The number of fused-ring (bicyclic) bond motifs is 4. The van der Waals surface area contributed by atoms with Crippen LogP contribution in [0.25, 0.3) is 0 Å². The van der Waals surface area contributed by atoms with Crippen LogP contribution in [-0.2, 0) is 0 Å². The van der Waals surface area contributed by atoms with Crippen molar-refractivity contribution in [2.45, 2.75) is 125 Å². The Hall–Kier alpha value is -0.340. The highest BCUT2D eigenvalue weighted by molar-refractivity contribution is 5.36. The first-order chi connectivity index (χ1) is 14.4. The third-order valence-corrected chi connectivity index (χ3v) is 11.1. The highest BCUT2D eigenvalue weighted by Gasteiger charge is 2.61. The van der Waals surface area contributed by atoms with Gasteiger partial charge >= 0.3 is 0 Å². The Kier molecular flexibility index (Phi) is 6.26. The van der Waals surface area contributed by atoms with Gasteiger partial charge in [0.1, 0.15) is 0 Å². The molecule has 0 aliphatic heterocycles. The highest BCUT2D eigenvalue weighted by Crippen LogP contribution is 2.68. The Morgan fingerprint density at radius 2 is 1.65 bits per heavy atom. The fourth-order valence-corrected chi connectivity index (χ4v) is 9.33. The monoisotopic (exact) mass is 430 g/mol. The summed E-state index contributed by atoms with van der Waals surface area (Å²) in [6, 6.07) is 0. The number of hydrogen-bond donors (Lipinski definition) is 2. The molecule has 0 spiro atoms. The molecule has 8 atom stereocenters. The third kappa shape index (κ3) is 3.67. The van der Waals surface area contributed by atoms with Gasteiger partial charge in [0, 0.05) is 5.92 Å². The van der Waals surface area contributed by atoms with Gasteiger partial charge in [0.15, 0.2) is 0 Å². The Morgan fingerprint density at radius 1 is 0.935 bits per heavy atom. The van der Waals surface area contributed by atoms with Crippen LogP contribution in [0.1, 0.15) is 113 Å². The summed E-state index contributed by atoms with van der Waals surface area (Å²) in [7, 11) is 0. The maximum Gasteiger partial charge on any atom is 0.0613 e. The van der Waals surface area contributed by atoms with E-state index in [2.05, 4.69) is 48.5 Å². The predicted molar refractivity (Wildman–Crippen MR) is 130 cm³/mol. The number of aliphatic hydroxyl groups excluding tert-OH is 2. The molecule has 0 bridgehead atoms. The SMILES string of the molecule is CC(C)CCC[C@@H](C)[C@H]1C[C@H](O)[C@@H]2C3=C(CC[C@]12C)[C@@]1(C)CC[C@H](O)C(C)(C)[C@@H]1CC3. The van der Waals surface area contributed by atoms with Gasteiger partial charge in [0.2, 0.25) is 0 Å². The topological polar surface area (TPSA) is 40.5 Å². The first-order valence-electron chi connectivity index (χ1n) is 13.5. The lowest BCUT2D eigenvalue weighted by molar-refractivity contribution is -0.0941. The van der Waals surface area contributed by atoms with Crippen LogP contribution in [0.2, 0.25) is 0 Å². The second kappa shape index (κ2) is 8.15. The molecule has 2 nitrogen and oxygen atoms in total. The molecule has 0 aromatic heterocycles. The Bertz CT molecular complexity index is 706. The van der Waals surface area contributed by atoms with Gasteiger partial charge in [0.05, 0.1) is 12.2 Å². The zero-order valence-electron chi connectivity index (χ0n) is 21.5. The fourth-order valence-electron chi connectivity index (χ4n) is 9.33. The quantitative estimate of drug-likeness (QED) is 0.455. The van der Waals surface area contributed by atoms with Crippen molar-refractivity contribution in [2.75, 3.05) is 0 Å². The second-order valence-corrected chi connectivity index (χ2v) is 13.6. The molecule has 0 amide bonds. The largest absolute Gasteiger partial charge is 0.393 e. The van der Waals surface area contributed by atoms with E-state index in [1.165, 1.54) is 38.5 Å². The van der Waals surface area contributed by atoms with E-state index in [4.69, 9.17) is 0 Å². The van der Waals surface area contributed by atoms with Crippen LogP contribution in [0, 0.1) is 45.8 Å². The van der Waals surface area contributed by atoms with E-state index in [-0.39, 0.29) is 28.5 Å². The van der Waals surface area contributed by atoms with Crippen LogP contribution in [-0.4, -0.2) is 22.4 Å². The normalized spacial score (nSPS) is 45.3. The summed E-state index contributed by atoms with van der Waals surface area (Å²) in [5.41, 5.74) is 3.84. The van der Waals surface area contributed by atoms with Gasteiger partial charge < -0.3 is 10.2 Å². The number of aliphatic hydroxyl groups is 2. The Morgan fingerprint density at radius 3 is 2.32 bits per heavy atom. The van der Waals surface area contributed by atoms with Crippen molar-refractivity contribution in [1.82, 2.24) is 0 Å². The fraction of sp³-hybridized carbons (Fsp3) is 0.931. The third-order valence-electron chi connectivity index (χ3n) is 11.1. The number of hydrogen-bond acceptors (Lipinski definition) is 2. The number of allylic oxidation sites excluding steroid dienone is 1. The molecule has 2 N–H and O–H groups in total. The van der Waals surface area contributed by atoms with Gasteiger partial charge in [0.25, 0.3) is 0 Å². The standard InChI is InChI=1S/C29H50O2/c1-18(2)9-8-10-19(3)22-17-23(30)26-20-11-12-24-27(4,5)25(31)14-16-28(24,6)21(20)13-15-29(22,26)7/h18-19,22-26,30-31H,8-17H2,1-7H3/t19-,22-,23+,24+,25+,26+,28-,29-/m1/s1. The minimum Gasteiger partial charge on any atom is -0.393 e. The van der Waals surface area contributed by atoms with Crippen LogP contribution in [0.15, 0.2) is 11.1 Å². The summed E-state index contributed by atoms with van der Waals surface area (Å²) in [6.45, 7) is 16.8. The number of rotatable bonds is 5. The highest BCUT2D eigenvalue weighted by atomic mass is 16.3. The van der Waals surface area contributed by atoms with Crippen molar-refractivity contribution in [1.29, 1.82) is 0 Å². The lowest BCUT2D eigenvalue weighted by atomic mass is 9.45. The van der Waals surface area contributed by atoms with E-state index in [9.17, 15) is 10.2 Å². The summed E-state index contributed by atoms with van der Waals surface area (Å²) in [6.07, 6.45) is 11.5. The van der Waals surface area contributed by atoms with E-state index in [1.54, 1.807) is 11.1 Å². The molecule has 0 unspecified atom stereocenters. The molecule has 2 saturated carbocycles. The predicted octanol–water partition coefficient (Wildman–Crippen LogP) is 7.14. The molecule has 2 fully saturated rings. The molecule has 2 heteroatoms. The lowest BCUT2D eigenvalue weighted by Gasteiger charge is -2.60. The molecular formula is C29H50O2. The molecule has 4 aliphatic rings. The molecule has 0 saturated heterocycles. The van der Waals surface area contributed by atoms with Crippen LogP contribution >= 0.6 is 0 Å². The average molecular weight is 431 g/mol. The zero-order chi connectivity index (χ0) is 22.8. The van der Waals surface area contributed by atoms with Gasteiger partial charge in [-0.25, -0.2) is 0 Å². The van der Waals surface area contributed by atoms with Crippen molar-refractivity contribution >= 4 is 0 Å². The van der Waals surface area contributed by atoms with E-state index in [0.717, 1.165) is 31.6 Å². The molecule has 0 heterocycles. The van der Waals surface area contributed by atoms with E-state index in [0.29, 0.717) is 23.7 Å². The van der Waals surface area contributed by atoms with Gasteiger partial charge in [-0.05, 0) is 84.9 Å². The summed E-state index contributed by atoms with van der Waals surface area (Å²) in [4.78, 5) is 0. The Labute approximate surface area is 192 Å². The van der Waals surface area contributed by atoms with Crippen molar-refractivity contribution in [2.24, 2.45) is 45.8 Å². The molecule has 178 valence electrons. The molecule has 4 aliphatic carbocycles. The van der Waals surface area contributed by atoms with Gasteiger partial charge in [-0.2, -0.15) is 0 Å². The van der Waals surface area contributed by atoms with E-state index >= 15 is 0 Å². The van der Waals surface area contributed by atoms with Crippen LogP contribution < -0.4 is 0 Å². The lowest BCUT2D eigenvalue weighted by Crippen LogP contribution is -2.54. The summed E-state index contributed by atoms with van der Waals surface area (Å²) >= 11 is 0. The van der Waals surface area contributed by atoms with Gasteiger partial charge in [-0.3, -0.25) is 0 Å². The first-order valence-corrected chi connectivity index (χ1v) is 13.5. The van der Waals surface area contributed by atoms with E-state index in [1.807, 2.05) is 0 Å². The van der Waals surface area contributed by atoms with Crippen molar-refractivity contribution in [3.05, 3.63) is 11.1 Å². The summed E-state index contributed by atoms with van der Waals surface area (Å²) < 4.78 is 0. The first kappa shape index (κ1) is 23.8. The van der Waals surface area contributed by atoms with Crippen molar-refractivity contribution in [3.63, 3.8) is 0 Å². The molecule has 0 aromatic rings. The average Bonchev–Trinajstić information content (AvgIpc) is 2.96. The van der Waals surface area contributed by atoms with Gasteiger partial charge in [-0.1, -0.05) is 78.9 Å². The molecule has 4 rings (SSSR count). The maximum absolute atomic E-state index is 11.4. The van der Waals surface area contributed by atoms with Crippen LogP contribution in [0.5, 0.6) is 0 Å². The summed E-state index contributed by atoms with van der Waals surface area (Å²) in [5.74, 6) is 3.10. The summed E-state index contributed by atoms with van der Waals surface area (Å²) in [5, 5.41) is 22.2. The molecule has 31 heavy (non-hydrogen) atoms. The van der Waals surface area contributed by atoms with Crippen LogP contribution in [0.3, 0.4) is 0 Å². The van der Waals surface area contributed by atoms with E-state index < -0.39 is 0 Å². The maximum atomic E-state index is 11.4. The molecular weight excluding hydrogens is 380 g/mol. The Balaban J connectivity index is 1.61.